The number of nitrogens with zero attached hydrogens (tertiary/aromatic N) is 1. The molecule has 0 unspecified atom stereocenters. The molecule has 0 amide bonds. The quantitative estimate of drug-likeness (QED) is 0.615. The maximum Gasteiger partial charge on any atom is 0.232 e. The smallest absolute Gasteiger partial charge is 0.228 e. The van der Waals surface area contributed by atoms with Gasteiger partial charge in [0, 0.05) is 27.5 Å². The first kappa shape index (κ1) is 11.7. The maximum absolute atomic E-state index is 13.0. The first-order valence-electron chi connectivity index (χ1n) is 3.61. The van der Waals surface area contributed by atoms with Gasteiger partial charge in [-0.1, -0.05) is 11.6 Å². The molecule has 7 heteroatoms. The monoisotopic (exact) mass is 257 g/mol. The number of aromatic nitrogens is 1. The van der Waals surface area contributed by atoms with E-state index in [-0.39, 0.29) is 22.8 Å². The zero-order valence-corrected chi connectivity index (χ0v) is 9.20. The molecule has 1 heterocycles. The molecule has 1 aromatic rings. The second-order valence-electron chi connectivity index (χ2n) is 2.56. The standard InChI is InChI=1S/C7H6Cl2FNO2S/c8-6-1-3-11-7(10)5(6)2-4-14(9,12)13/h1,3H,2,4H2. The van der Waals surface area contributed by atoms with Crippen LogP contribution in [0.4, 0.5) is 4.39 Å². The normalized spacial score (nSPS) is 11.6. The molecule has 0 saturated heterocycles. The van der Waals surface area contributed by atoms with Crippen LogP contribution in [-0.2, 0) is 15.5 Å². The van der Waals surface area contributed by atoms with Gasteiger partial charge in [0.15, 0.2) is 0 Å². The maximum atomic E-state index is 13.0. The van der Waals surface area contributed by atoms with Gasteiger partial charge in [0.25, 0.3) is 0 Å². The third-order valence-corrected chi connectivity index (χ3v) is 3.05. The number of hydrogen-bond acceptors (Lipinski definition) is 3. The van der Waals surface area contributed by atoms with Gasteiger partial charge >= 0.3 is 0 Å². The Morgan fingerprint density at radius 2 is 2.14 bits per heavy atom. The molecule has 0 bridgehead atoms. The topological polar surface area (TPSA) is 47.0 Å². The van der Waals surface area contributed by atoms with E-state index >= 15 is 0 Å². The van der Waals surface area contributed by atoms with Crippen LogP contribution in [0.3, 0.4) is 0 Å². The second kappa shape index (κ2) is 4.42. The van der Waals surface area contributed by atoms with E-state index in [1.165, 1.54) is 12.3 Å². The van der Waals surface area contributed by atoms with Crippen LogP contribution in [0, 0.1) is 5.95 Å². The molecule has 0 aromatic carbocycles. The summed E-state index contributed by atoms with van der Waals surface area (Å²) >= 11 is 5.64. The van der Waals surface area contributed by atoms with E-state index in [2.05, 4.69) is 4.98 Å². The fourth-order valence-corrected chi connectivity index (χ4v) is 1.80. The number of hydrogen-bond donors (Lipinski definition) is 0. The van der Waals surface area contributed by atoms with Crippen LogP contribution in [-0.4, -0.2) is 19.2 Å². The fraction of sp³-hybridized carbons (Fsp3) is 0.286. The molecule has 0 atom stereocenters. The lowest BCUT2D eigenvalue weighted by Gasteiger charge is -2.02. The first-order chi connectivity index (χ1) is 6.40. The van der Waals surface area contributed by atoms with Crippen molar-refractivity contribution >= 4 is 31.3 Å². The average Bonchev–Trinajstić information content (AvgIpc) is 2.01. The van der Waals surface area contributed by atoms with Crippen molar-refractivity contribution in [3.63, 3.8) is 0 Å². The van der Waals surface area contributed by atoms with Crippen LogP contribution in [0.25, 0.3) is 0 Å². The van der Waals surface area contributed by atoms with Crippen molar-refractivity contribution in [2.45, 2.75) is 6.42 Å². The van der Waals surface area contributed by atoms with Gasteiger partial charge in [-0.25, -0.2) is 13.4 Å². The predicted octanol–water partition coefficient (Wildman–Crippen LogP) is 1.99. The summed E-state index contributed by atoms with van der Waals surface area (Å²) in [6.45, 7) is 0. The van der Waals surface area contributed by atoms with Crippen molar-refractivity contribution in [3.05, 3.63) is 28.8 Å². The van der Waals surface area contributed by atoms with Crippen molar-refractivity contribution in [2.24, 2.45) is 0 Å². The summed E-state index contributed by atoms with van der Waals surface area (Å²) in [6, 6.07) is 1.39. The SMILES string of the molecule is O=S(=O)(Cl)CCc1c(Cl)ccnc1F. The second-order valence-corrected chi connectivity index (χ2v) is 5.86. The lowest BCUT2D eigenvalue weighted by atomic mass is 10.2. The third kappa shape index (κ3) is 3.40. The third-order valence-electron chi connectivity index (χ3n) is 1.54. The van der Waals surface area contributed by atoms with E-state index in [1.807, 2.05) is 0 Å². The van der Waals surface area contributed by atoms with E-state index in [0.29, 0.717) is 0 Å². The van der Waals surface area contributed by atoms with Gasteiger partial charge in [-0.2, -0.15) is 4.39 Å². The minimum Gasteiger partial charge on any atom is -0.228 e. The summed E-state index contributed by atoms with van der Waals surface area (Å²) in [5.41, 5.74) is 0.0680. The highest BCUT2D eigenvalue weighted by molar-refractivity contribution is 8.13. The van der Waals surface area contributed by atoms with Crippen LogP contribution >= 0.6 is 22.3 Å². The molecule has 0 aliphatic rings. The Morgan fingerprint density at radius 1 is 1.50 bits per heavy atom. The van der Waals surface area contributed by atoms with Gasteiger partial charge < -0.3 is 0 Å². The van der Waals surface area contributed by atoms with Crippen LogP contribution in [0.2, 0.25) is 5.02 Å². The highest BCUT2D eigenvalue weighted by Crippen LogP contribution is 2.18. The average molecular weight is 258 g/mol. The van der Waals surface area contributed by atoms with E-state index in [9.17, 15) is 12.8 Å². The van der Waals surface area contributed by atoms with Crippen molar-refractivity contribution in [2.75, 3.05) is 5.75 Å². The number of pyridine rings is 1. The molecule has 0 spiro atoms. The molecule has 3 nitrogen and oxygen atoms in total. The van der Waals surface area contributed by atoms with Gasteiger partial charge in [-0.15, -0.1) is 0 Å². The van der Waals surface area contributed by atoms with Crippen molar-refractivity contribution < 1.29 is 12.8 Å². The van der Waals surface area contributed by atoms with Crippen LogP contribution in [0.1, 0.15) is 5.56 Å². The van der Waals surface area contributed by atoms with Crippen LogP contribution in [0.15, 0.2) is 12.3 Å². The Kier molecular flexibility index (Phi) is 3.69. The van der Waals surface area contributed by atoms with E-state index in [0.717, 1.165) is 0 Å². The van der Waals surface area contributed by atoms with Gasteiger partial charge in [-0.05, 0) is 12.5 Å². The van der Waals surface area contributed by atoms with Gasteiger partial charge in [0.2, 0.25) is 15.0 Å². The van der Waals surface area contributed by atoms with Crippen molar-refractivity contribution in [1.82, 2.24) is 4.98 Å². The highest BCUT2D eigenvalue weighted by atomic mass is 35.7. The summed E-state index contributed by atoms with van der Waals surface area (Å²) in [6.07, 6.45) is 1.13. The van der Waals surface area contributed by atoms with Crippen molar-refractivity contribution in [1.29, 1.82) is 0 Å². The lowest BCUT2D eigenvalue weighted by molar-refractivity contribution is 0.567. The van der Waals surface area contributed by atoms with Crippen molar-refractivity contribution in [3.8, 4) is 0 Å². The Morgan fingerprint density at radius 3 is 2.64 bits per heavy atom. The van der Waals surface area contributed by atoms with E-state index in [1.54, 1.807) is 0 Å². The first-order valence-corrected chi connectivity index (χ1v) is 6.47. The minimum absolute atomic E-state index is 0.0680. The van der Waals surface area contributed by atoms with E-state index in [4.69, 9.17) is 22.3 Å². The Balaban J connectivity index is 2.87. The molecule has 0 saturated carbocycles. The highest BCUT2D eigenvalue weighted by Gasteiger charge is 2.12. The van der Waals surface area contributed by atoms with Gasteiger partial charge in [0.1, 0.15) is 0 Å². The van der Waals surface area contributed by atoms with Crippen LogP contribution in [0.5, 0.6) is 0 Å². The molecule has 1 rings (SSSR count). The molecular weight excluding hydrogens is 252 g/mol. The molecule has 0 N–H and O–H groups in total. The summed E-state index contributed by atoms with van der Waals surface area (Å²) in [4.78, 5) is 3.35. The zero-order chi connectivity index (χ0) is 10.8. The Labute approximate surface area is 90.3 Å². The van der Waals surface area contributed by atoms with Gasteiger partial charge in [-0.3, -0.25) is 0 Å². The fourth-order valence-electron chi connectivity index (χ4n) is 0.892. The molecule has 0 radical (unpaired) electrons. The molecule has 78 valence electrons. The molecule has 1 aromatic heterocycles. The molecular formula is C7H6Cl2FNO2S. The summed E-state index contributed by atoms with van der Waals surface area (Å²) in [5.74, 6) is -1.13. The van der Waals surface area contributed by atoms with Crippen LogP contribution < -0.4 is 0 Å². The van der Waals surface area contributed by atoms with Gasteiger partial charge in [0.05, 0.1) is 5.75 Å². The zero-order valence-electron chi connectivity index (χ0n) is 6.87. The van der Waals surface area contributed by atoms with E-state index < -0.39 is 15.0 Å². The molecule has 0 aliphatic carbocycles. The summed E-state index contributed by atoms with van der Waals surface area (Å²) in [5, 5.41) is 0.151. The molecule has 14 heavy (non-hydrogen) atoms. The molecule has 0 aliphatic heterocycles. The Bertz CT molecular complexity index is 415. The number of rotatable bonds is 3. The predicted molar refractivity (Wildman–Crippen MR) is 52.5 cm³/mol. The lowest BCUT2D eigenvalue weighted by Crippen LogP contribution is -2.04. The number of halogens is 3. The summed E-state index contributed by atoms with van der Waals surface area (Å²) < 4.78 is 34.2. The molecule has 0 fully saturated rings. The summed E-state index contributed by atoms with van der Waals surface area (Å²) in [7, 11) is 1.34. The Hall–Kier alpha value is -0.390. The largest absolute Gasteiger partial charge is 0.232 e. The minimum atomic E-state index is -3.64.